The normalized spacial score (nSPS) is 40.1. The van der Waals surface area contributed by atoms with E-state index < -0.39 is 0 Å². The molecule has 0 radical (unpaired) electrons. The van der Waals surface area contributed by atoms with Gasteiger partial charge in [-0.2, -0.15) is 11.8 Å². The van der Waals surface area contributed by atoms with Gasteiger partial charge in [0.2, 0.25) is 5.91 Å². The fourth-order valence-corrected chi connectivity index (χ4v) is 3.67. The molecule has 4 heteroatoms. The van der Waals surface area contributed by atoms with Crippen molar-refractivity contribution < 1.29 is 4.79 Å². The van der Waals surface area contributed by atoms with Gasteiger partial charge >= 0.3 is 0 Å². The minimum atomic E-state index is -0.157. The summed E-state index contributed by atoms with van der Waals surface area (Å²) in [5.74, 6) is 1.44. The lowest BCUT2D eigenvalue weighted by Gasteiger charge is -2.41. The molecule has 3 atom stereocenters. The molecule has 3 nitrogen and oxygen atoms in total. The van der Waals surface area contributed by atoms with Crippen molar-refractivity contribution in [2.24, 2.45) is 5.41 Å². The van der Waals surface area contributed by atoms with Crippen molar-refractivity contribution in [2.45, 2.75) is 38.5 Å². The first-order valence-corrected chi connectivity index (χ1v) is 7.23. The number of hydrogen-bond donors (Lipinski definition) is 1. The Morgan fingerprint density at radius 3 is 2.88 bits per heavy atom. The summed E-state index contributed by atoms with van der Waals surface area (Å²) in [5.41, 5.74) is -0.157. The van der Waals surface area contributed by atoms with Crippen molar-refractivity contribution in [1.82, 2.24) is 10.2 Å². The number of hydrogen-bond acceptors (Lipinski definition) is 3. The van der Waals surface area contributed by atoms with Crippen molar-refractivity contribution in [3.8, 4) is 0 Å². The minimum absolute atomic E-state index is 0.157. The number of nitrogens with one attached hydrogen (secondary N) is 1. The Morgan fingerprint density at radius 1 is 1.50 bits per heavy atom. The molecule has 0 saturated carbocycles. The third-order valence-electron chi connectivity index (χ3n) is 4.03. The van der Waals surface area contributed by atoms with Crippen LogP contribution in [0.4, 0.5) is 0 Å². The Balaban J connectivity index is 2.08. The molecule has 0 aromatic carbocycles. The first-order valence-electron chi connectivity index (χ1n) is 6.18. The fourth-order valence-electron chi connectivity index (χ4n) is 2.57. The zero-order valence-corrected chi connectivity index (χ0v) is 11.3. The molecule has 1 amide bonds. The Bertz CT molecular complexity index is 276. The van der Waals surface area contributed by atoms with E-state index in [0.29, 0.717) is 17.2 Å². The number of carbonyl (C=O) groups is 1. The van der Waals surface area contributed by atoms with E-state index in [9.17, 15) is 4.79 Å². The van der Waals surface area contributed by atoms with Crippen LogP contribution in [0.1, 0.15) is 27.2 Å². The van der Waals surface area contributed by atoms with Crippen LogP contribution < -0.4 is 5.32 Å². The predicted molar refractivity (Wildman–Crippen MR) is 68.7 cm³/mol. The molecule has 2 aliphatic rings. The molecule has 92 valence electrons. The molecular weight excluding hydrogens is 220 g/mol. The molecule has 0 spiro atoms. The average Bonchev–Trinajstić information content (AvgIpc) is 2.70. The molecule has 2 rings (SSSR count). The number of amides is 1. The summed E-state index contributed by atoms with van der Waals surface area (Å²) >= 11 is 1.98. The van der Waals surface area contributed by atoms with Gasteiger partial charge in [0, 0.05) is 30.1 Å². The van der Waals surface area contributed by atoms with E-state index in [1.165, 1.54) is 0 Å². The van der Waals surface area contributed by atoms with Gasteiger partial charge in [0.1, 0.15) is 0 Å². The van der Waals surface area contributed by atoms with E-state index in [1.807, 2.05) is 11.8 Å². The van der Waals surface area contributed by atoms with Gasteiger partial charge < -0.3 is 10.2 Å². The molecule has 3 unspecified atom stereocenters. The summed E-state index contributed by atoms with van der Waals surface area (Å²) in [6, 6.07) is 0.378. The molecule has 2 fully saturated rings. The Labute approximate surface area is 102 Å². The summed E-state index contributed by atoms with van der Waals surface area (Å²) in [5, 5.41) is 3.87. The highest BCUT2D eigenvalue weighted by Gasteiger charge is 2.42. The summed E-state index contributed by atoms with van der Waals surface area (Å²) < 4.78 is 0. The monoisotopic (exact) mass is 242 g/mol. The predicted octanol–water partition coefficient (Wildman–Crippen LogP) is 1.34. The van der Waals surface area contributed by atoms with Crippen LogP contribution in [0, 0.1) is 5.41 Å². The molecule has 16 heavy (non-hydrogen) atoms. The van der Waals surface area contributed by atoms with Gasteiger partial charge in [0.05, 0.1) is 5.41 Å². The number of carbonyl (C=O) groups excluding carboxylic acids is 1. The maximum Gasteiger partial charge on any atom is 0.230 e. The molecule has 1 N–H and O–H groups in total. The van der Waals surface area contributed by atoms with Crippen molar-refractivity contribution in [3.05, 3.63) is 0 Å². The van der Waals surface area contributed by atoms with E-state index in [0.717, 1.165) is 31.8 Å². The second-order valence-electron chi connectivity index (χ2n) is 5.30. The van der Waals surface area contributed by atoms with Gasteiger partial charge in [0.15, 0.2) is 0 Å². The van der Waals surface area contributed by atoms with Gasteiger partial charge in [-0.3, -0.25) is 4.79 Å². The Kier molecular flexibility index (Phi) is 3.50. The minimum Gasteiger partial charge on any atom is -0.338 e. The number of nitrogens with zero attached hydrogens (tertiary/aromatic N) is 1. The lowest BCUT2D eigenvalue weighted by molar-refractivity contribution is -0.142. The van der Waals surface area contributed by atoms with Gasteiger partial charge in [0.25, 0.3) is 0 Å². The number of thioether (sulfide) groups is 1. The van der Waals surface area contributed by atoms with E-state index in [1.54, 1.807) is 0 Å². The third-order valence-corrected chi connectivity index (χ3v) is 5.37. The standard InChI is InChI=1S/C12H22N2OS/c1-9-10(2)16-7-6-14(9)11(15)12(3)4-5-13-8-12/h9-10,13H,4-8H2,1-3H3. The second kappa shape index (κ2) is 4.57. The maximum atomic E-state index is 12.6. The highest BCUT2D eigenvalue weighted by Crippen LogP contribution is 2.32. The van der Waals surface area contributed by atoms with Gasteiger partial charge in [-0.25, -0.2) is 0 Å². The van der Waals surface area contributed by atoms with Crippen LogP contribution in [-0.4, -0.2) is 47.5 Å². The zero-order chi connectivity index (χ0) is 11.8. The van der Waals surface area contributed by atoms with Crippen LogP contribution in [0.25, 0.3) is 0 Å². The smallest absolute Gasteiger partial charge is 0.230 e. The highest BCUT2D eigenvalue weighted by atomic mass is 32.2. The van der Waals surface area contributed by atoms with Crippen LogP contribution >= 0.6 is 11.8 Å². The Hall–Kier alpha value is -0.220. The van der Waals surface area contributed by atoms with Crippen LogP contribution in [0.2, 0.25) is 0 Å². The average molecular weight is 242 g/mol. The van der Waals surface area contributed by atoms with E-state index >= 15 is 0 Å². The van der Waals surface area contributed by atoms with Gasteiger partial charge in [-0.1, -0.05) is 6.92 Å². The quantitative estimate of drug-likeness (QED) is 0.753. The molecular formula is C12H22N2OS. The summed E-state index contributed by atoms with van der Waals surface area (Å²) in [6.07, 6.45) is 0.983. The largest absolute Gasteiger partial charge is 0.338 e. The molecule has 2 aliphatic heterocycles. The van der Waals surface area contributed by atoms with Gasteiger partial charge in [-0.05, 0) is 26.8 Å². The number of rotatable bonds is 1. The highest BCUT2D eigenvalue weighted by molar-refractivity contribution is 8.00. The van der Waals surface area contributed by atoms with Crippen molar-refractivity contribution in [3.63, 3.8) is 0 Å². The van der Waals surface area contributed by atoms with E-state index in [4.69, 9.17) is 0 Å². The molecule has 2 saturated heterocycles. The van der Waals surface area contributed by atoms with E-state index in [2.05, 4.69) is 31.0 Å². The maximum absolute atomic E-state index is 12.6. The lowest BCUT2D eigenvalue weighted by atomic mass is 9.87. The summed E-state index contributed by atoms with van der Waals surface area (Å²) in [4.78, 5) is 14.7. The van der Waals surface area contributed by atoms with E-state index in [-0.39, 0.29) is 5.41 Å². The van der Waals surface area contributed by atoms with Crippen LogP contribution in [0.15, 0.2) is 0 Å². The van der Waals surface area contributed by atoms with Crippen LogP contribution in [0.5, 0.6) is 0 Å². The fraction of sp³-hybridized carbons (Fsp3) is 0.917. The Morgan fingerprint density at radius 2 is 2.25 bits per heavy atom. The topological polar surface area (TPSA) is 32.3 Å². The molecule has 0 bridgehead atoms. The summed E-state index contributed by atoms with van der Waals surface area (Å²) in [6.45, 7) is 9.26. The van der Waals surface area contributed by atoms with Crippen LogP contribution in [-0.2, 0) is 4.79 Å². The van der Waals surface area contributed by atoms with Crippen molar-refractivity contribution >= 4 is 17.7 Å². The zero-order valence-electron chi connectivity index (χ0n) is 10.5. The first kappa shape index (κ1) is 12.2. The lowest BCUT2D eigenvalue weighted by Crippen LogP contribution is -2.53. The third kappa shape index (κ3) is 2.09. The summed E-state index contributed by atoms with van der Waals surface area (Å²) in [7, 11) is 0. The molecule has 0 aliphatic carbocycles. The van der Waals surface area contributed by atoms with Gasteiger partial charge in [-0.15, -0.1) is 0 Å². The molecule has 2 heterocycles. The molecule has 0 aromatic heterocycles. The SMILES string of the molecule is CC1SCCN(C(=O)C2(C)CCNC2)C1C. The van der Waals surface area contributed by atoms with Crippen molar-refractivity contribution in [1.29, 1.82) is 0 Å². The van der Waals surface area contributed by atoms with Crippen molar-refractivity contribution in [2.75, 3.05) is 25.4 Å². The second-order valence-corrected chi connectivity index (χ2v) is 6.79. The first-order chi connectivity index (χ1) is 7.54. The van der Waals surface area contributed by atoms with Crippen LogP contribution in [0.3, 0.4) is 0 Å². The molecule has 0 aromatic rings.